The molecule has 13 heavy (non-hydrogen) atoms. The number of nitrogens with one attached hydrogen (secondary N) is 1. The summed E-state index contributed by atoms with van der Waals surface area (Å²) in [5.41, 5.74) is 1.44. The van der Waals surface area contributed by atoms with E-state index in [-0.39, 0.29) is 11.6 Å². The van der Waals surface area contributed by atoms with Crippen molar-refractivity contribution in [2.75, 3.05) is 13.1 Å². The maximum atomic E-state index is 13.3. The van der Waals surface area contributed by atoms with Crippen molar-refractivity contribution in [2.45, 2.75) is 12.8 Å². The van der Waals surface area contributed by atoms with E-state index in [9.17, 15) is 9.50 Å². The highest BCUT2D eigenvalue weighted by molar-refractivity contribution is 5.41. The van der Waals surface area contributed by atoms with E-state index in [4.69, 9.17) is 0 Å². The second-order valence-electron chi connectivity index (χ2n) is 3.27. The Balaban J connectivity index is 2.50. The molecule has 2 rings (SSSR count). The molecular formula is C10H12FNO. The quantitative estimate of drug-likeness (QED) is 0.630. The Morgan fingerprint density at radius 1 is 1.15 bits per heavy atom. The zero-order chi connectivity index (χ0) is 9.26. The Morgan fingerprint density at radius 3 is 2.62 bits per heavy atom. The van der Waals surface area contributed by atoms with Crippen LogP contribution >= 0.6 is 0 Å². The Morgan fingerprint density at radius 2 is 1.85 bits per heavy atom. The van der Waals surface area contributed by atoms with Gasteiger partial charge in [-0.2, -0.15) is 0 Å². The van der Waals surface area contributed by atoms with E-state index in [1.54, 1.807) is 0 Å². The van der Waals surface area contributed by atoms with Crippen LogP contribution < -0.4 is 5.32 Å². The van der Waals surface area contributed by atoms with Crippen LogP contribution in [0.1, 0.15) is 11.1 Å². The first kappa shape index (κ1) is 8.51. The molecule has 1 aromatic rings. The van der Waals surface area contributed by atoms with Crippen LogP contribution in [0.2, 0.25) is 0 Å². The zero-order valence-electron chi connectivity index (χ0n) is 7.31. The molecule has 70 valence electrons. The summed E-state index contributed by atoms with van der Waals surface area (Å²) in [7, 11) is 0. The average molecular weight is 181 g/mol. The summed E-state index contributed by atoms with van der Waals surface area (Å²) < 4.78 is 13.3. The van der Waals surface area contributed by atoms with Crippen molar-refractivity contribution in [2.24, 2.45) is 0 Å². The number of fused-ring (bicyclic) bond motifs is 1. The summed E-state index contributed by atoms with van der Waals surface area (Å²) >= 11 is 0. The monoisotopic (exact) mass is 181 g/mol. The first-order chi connectivity index (χ1) is 6.29. The number of phenols is 1. The highest BCUT2D eigenvalue weighted by Gasteiger charge is 2.14. The lowest BCUT2D eigenvalue weighted by atomic mass is 10.0. The van der Waals surface area contributed by atoms with E-state index in [0.29, 0.717) is 18.4 Å². The van der Waals surface area contributed by atoms with E-state index < -0.39 is 0 Å². The highest BCUT2D eigenvalue weighted by atomic mass is 19.1. The van der Waals surface area contributed by atoms with Gasteiger partial charge < -0.3 is 10.4 Å². The minimum atomic E-state index is -0.198. The van der Waals surface area contributed by atoms with E-state index in [0.717, 1.165) is 18.7 Å². The number of hydrogen-bond acceptors (Lipinski definition) is 2. The Hall–Kier alpha value is -1.09. The van der Waals surface area contributed by atoms with Crippen molar-refractivity contribution in [1.82, 2.24) is 5.32 Å². The molecule has 0 atom stereocenters. The van der Waals surface area contributed by atoms with Gasteiger partial charge >= 0.3 is 0 Å². The van der Waals surface area contributed by atoms with Crippen LogP contribution in [0.4, 0.5) is 4.39 Å². The topological polar surface area (TPSA) is 32.3 Å². The van der Waals surface area contributed by atoms with Crippen LogP contribution in [-0.2, 0) is 12.8 Å². The average Bonchev–Trinajstić information content (AvgIpc) is 2.37. The minimum absolute atomic E-state index is 0.198. The van der Waals surface area contributed by atoms with Crippen molar-refractivity contribution >= 4 is 0 Å². The second-order valence-corrected chi connectivity index (χ2v) is 3.27. The molecule has 0 radical (unpaired) electrons. The molecular weight excluding hydrogens is 169 g/mol. The summed E-state index contributed by atoms with van der Waals surface area (Å²) in [5.74, 6) is 0.0246. The van der Waals surface area contributed by atoms with E-state index in [1.165, 1.54) is 12.1 Å². The third-order valence-electron chi connectivity index (χ3n) is 2.45. The van der Waals surface area contributed by atoms with Crippen molar-refractivity contribution in [3.05, 3.63) is 29.1 Å². The number of halogens is 1. The third kappa shape index (κ3) is 1.52. The van der Waals surface area contributed by atoms with Crippen molar-refractivity contribution in [3.8, 4) is 5.75 Å². The Labute approximate surface area is 76.4 Å². The largest absolute Gasteiger partial charge is 0.508 e. The van der Waals surface area contributed by atoms with Crippen LogP contribution in [0, 0.1) is 5.82 Å². The Kier molecular flexibility index (Phi) is 2.19. The molecule has 0 aliphatic carbocycles. The standard InChI is InChI=1S/C10H12FNO/c11-9-1-2-10(13)8-4-6-12-5-3-7(8)9/h1-2,12-13H,3-6H2. The maximum absolute atomic E-state index is 13.3. The van der Waals surface area contributed by atoms with Gasteiger partial charge in [-0.25, -0.2) is 4.39 Å². The van der Waals surface area contributed by atoms with Gasteiger partial charge in [0, 0.05) is 5.56 Å². The van der Waals surface area contributed by atoms with Gasteiger partial charge in [-0.1, -0.05) is 0 Å². The maximum Gasteiger partial charge on any atom is 0.126 e. The molecule has 3 heteroatoms. The summed E-state index contributed by atoms with van der Waals surface area (Å²) in [5, 5.41) is 12.7. The number of hydrogen-bond donors (Lipinski definition) is 2. The molecule has 0 unspecified atom stereocenters. The Bertz CT molecular complexity index is 294. The molecule has 1 aliphatic heterocycles. The molecule has 0 aromatic heterocycles. The van der Waals surface area contributed by atoms with Gasteiger partial charge in [-0.15, -0.1) is 0 Å². The molecule has 0 bridgehead atoms. The summed E-state index contributed by atoms with van der Waals surface area (Å²) in [4.78, 5) is 0. The molecule has 0 fully saturated rings. The van der Waals surface area contributed by atoms with Crippen LogP contribution in [0.25, 0.3) is 0 Å². The lowest BCUT2D eigenvalue weighted by Crippen LogP contribution is -2.16. The van der Waals surface area contributed by atoms with Gasteiger partial charge in [0.25, 0.3) is 0 Å². The fourth-order valence-corrected chi connectivity index (χ4v) is 1.75. The van der Waals surface area contributed by atoms with Crippen molar-refractivity contribution in [1.29, 1.82) is 0 Å². The SMILES string of the molecule is Oc1ccc(F)c2c1CCNCC2. The molecule has 0 saturated heterocycles. The van der Waals surface area contributed by atoms with Crippen LogP contribution in [-0.4, -0.2) is 18.2 Å². The highest BCUT2D eigenvalue weighted by Crippen LogP contribution is 2.25. The first-order valence-electron chi connectivity index (χ1n) is 4.49. The van der Waals surface area contributed by atoms with Crippen LogP contribution in [0.5, 0.6) is 5.75 Å². The molecule has 1 heterocycles. The molecule has 1 aliphatic rings. The molecule has 0 saturated carbocycles. The smallest absolute Gasteiger partial charge is 0.126 e. The van der Waals surface area contributed by atoms with Gasteiger partial charge in [-0.3, -0.25) is 0 Å². The predicted molar refractivity (Wildman–Crippen MR) is 48.3 cm³/mol. The second kappa shape index (κ2) is 3.34. The minimum Gasteiger partial charge on any atom is -0.508 e. The zero-order valence-corrected chi connectivity index (χ0v) is 7.31. The molecule has 0 amide bonds. The number of benzene rings is 1. The summed E-state index contributed by atoms with van der Waals surface area (Å²) in [6.45, 7) is 1.59. The molecule has 2 N–H and O–H groups in total. The van der Waals surface area contributed by atoms with Gasteiger partial charge in [0.1, 0.15) is 11.6 Å². The van der Waals surface area contributed by atoms with E-state index >= 15 is 0 Å². The number of rotatable bonds is 0. The fraction of sp³-hybridized carbons (Fsp3) is 0.400. The summed E-state index contributed by atoms with van der Waals surface area (Å²) in [6.07, 6.45) is 1.37. The van der Waals surface area contributed by atoms with Crippen molar-refractivity contribution < 1.29 is 9.50 Å². The van der Waals surface area contributed by atoms with Gasteiger partial charge in [0.15, 0.2) is 0 Å². The lowest BCUT2D eigenvalue weighted by Gasteiger charge is -2.07. The van der Waals surface area contributed by atoms with Crippen molar-refractivity contribution in [3.63, 3.8) is 0 Å². The van der Waals surface area contributed by atoms with E-state index in [1.807, 2.05) is 0 Å². The van der Waals surface area contributed by atoms with Gasteiger partial charge in [0.05, 0.1) is 0 Å². The number of aromatic hydroxyl groups is 1. The predicted octanol–water partition coefficient (Wildman–Crippen LogP) is 1.22. The normalized spacial score (nSPS) is 16.4. The fourth-order valence-electron chi connectivity index (χ4n) is 1.75. The van der Waals surface area contributed by atoms with Crippen LogP contribution in [0.15, 0.2) is 12.1 Å². The first-order valence-corrected chi connectivity index (χ1v) is 4.49. The number of phenolic OH excluding ortho intramolecular Hbond substituents is 1. The van der Waals surface area contributed by atoms with Gasteiger partial charge in [0.2, 0.25) is 0 Å². The molecule has 2 nitrogen and oxygen atoms in total. The molecule has 1 aromatic carbocycles. The van der Waals surface area contributed by atoms with Crippen LogP contribution in [0.3, 0.4) is 0 Å². The third-order valence-corrected chi connectivity index (χ3v) is 2.45. The van der Waals surface area contributed by atoms with E-state index in [2.05, 4.69) is 5.32 Å². The molecule has 0 spiro atoms. The lowest BCUT2D eigenvalue weighted by molar-refractivity contribution is 0.464. The van der Waals surface area contributed by atoms with Gasteiger partial charge in [-0.05, 0) is 43.6 Å². The summed E-state index contributed by atoms with van der Waals surface area (Å²) in [6, 6.07) is 2.76.